The van der Waals surface area contributed by atoms with Gasteiger partial charge in [0, 0.05) is 34.8 Å². The number of nitrogens with zero attached hydrogens (tertiary/aromatic N) is 3. The number of aryl methyl sites for hydroxylation is 1. The summed E-state index contributed by atoms with van der Waals surface area (Å²) >= 11 is 0. The van der Waals surface area contributed by atoms with E-state index in [9.17, 15) is 19.4 Å². The second-order valence-electron chi connectivity index (χ2n) is 13.6. The van der Waals surface area contributed by atoms with E-state index in [1.807, 2.05) is 111 Å². The molecule has 1 fully saturated rings. The lowest BCUT2D eigenvalue weighted by atomic mass is 9.80. The molecule has 286 valence electrons. The summed E-state index contributed by atoms with van der Waals surface area (Å²) in [5.74, 6) is 1.33. The van der Waals surface area contributed by atoms with Crippen LogP contribution in [0.3, 0.4) is 0 Å². The average Bonchev–Trinajstić information content (AvgIpc) is 3.57. The number of aromatic nitrogens is 2. The summed E-state index contributed by atoms with van der Waals surface area (Å²) in [4.78, 5) is 29.5. The summed E-state index contributed by atoms with van der Waals surface area (Å²) in [7, 11) is 0.454. The molecule has 14 heteroatoms. The Balaban J connectivity index is 1.51. The number of benzene rings is 3. The van der Waals surface area contributed by atoms with Crippen LogP contribution in [0, 0.1) is 18.3 Å². The van der Waals surface area contributed by atoms with Crippen LogP contribution in [0.4, 0.5) is 0 Å². The standard InChI is InChI=1S/C40H47N4O9P/c1-26(2)44(27(3)4)32(22-41)24-51-54(47)53-35-21-37(43-23-28(5)38(45)42-39(43)46)52-36(35)25-50-40(29-11-9-8-10-12-29,30-13-17-33(48-6)18-14-30)31-15-19-34(49-7)20-16-31/h8-20,23,26-27,32,35-37H,21,24-25H2,1-7H3/p+1/t32?,35-,36+,37+/m0/s1. The molecular formula is C40H48N4O9P+. The van der Waals surface area contributed by atoms with E-state index in [0.717, 1.165) is 16.7 Å². The van der Waals surface area contributed by atoms with Crippen LogP contribution in [0.2, 0.25) is 0 Å². The number of nitriles is 1. The summed E-state index contributed by atoms with van der Waals surface area (Å²) in [6, 6.07) is 26.5. The van der Waals surface area contributed by atoms with Crippen molar-refractivity contribution in [2.75, 3.05) is 27.4 Å². The Morgan fingerprint density at radius 2 is 1.48 bits per heavy atom. The lowest BCUT2D eigenvalue weighted by Gasteiger charge is -2.37. The summed E-state index contributed by atoms with van der Waals surface area (Å²) in [5.41, 5.74) is 0.338. The quantitative estimate of drug-likeness (QED) is 0.0963. The molecule has 0 saturated carbocycles. The summed E-state index contributed by atoms with van der Waals surface area (Å²) in [5, 5.41) is 9.93. The van der Waals surface area contributed by atoms with E-state index < -0.39 is 49.6 Å². The van der Waals surface area contributed by atoms with E-state index in [4.69, 9.17) is 28.0 Å². The first-order valence-electron chi connectivity index (χ1n) is 17.8. The fourth-order valence-corrected chi connectivity index (χ4v) is 7.76. The first-order chi connectivity index (χ1) is 25.9. The fraction of sp³-hybridized carbons (Fsp3) is 0.425. The second kappa shape index (κ2) is 18.1. The molecule has 0 spiro atoms. The predicted octanol–water partition coefficient (Wildman–Crippen LogP) is 6.23. The fourth-order valence-electron chi connectivity index (χ4n) is 6.99. The molecule has 2 heterocycles. The van der Waals surface area contributed by atoms with Crippen LogP contribution in [0.1, 0.15) is 62.6 Å². The second-order valence-corrected chi connectivity index (χ2v) is 14.5. The van der Waals surface area contributed by atoms with Gasteiger partial charge in [0.25, 0.3) is 5.56 Å². The van der Waals surface area contributed by atoms with E-state index in [2.05, 4.69) is 11.1 Å². The smallest absolute Gasteiger partial charge is 0.497 e. The molecule has 0 radical (unpaired) electrons. The van der Waals surface area contributed by atoms with Gasteiger partial charge < -0.3 is 18.9 Å². The highest BCUT2D eigenvalue weighted by Gasteiger charge is 2.47. The minimum atomic E-state index is -2.74. The van der Waals surface area contributed by atoms with E-state index in [1.165, 1.54) is 10.8 Å². The molecule has 1 aliphatic heterocycles. The normalized spacial score (nSPS) is 18.2. The van der Waals surface area contributed by atoms with Crippen molar-refractivity contribution >= 4 is 8.25 Å². The number of H-pyrrole nitrogens is 1. The molecule has 1 N–H and O–H groups in total. The third kappa shape index (κ3) is 8.99. The van der Waals surface area contributed by atoms with Gasteiger partial charge in [-0.25, -0.2) is 4.79 Å². The molecule has 0 aliphatic carbocycles. The van der Waals surface area contributed by atoms with E-state index in [-0.39, 0.29) is 31.7 Å². The maximum Gasteiger partial charge on any atom is 0.697 e. The van der Waals surface area contributed by atoms with Gasteiger partial charge in [-0.1, -0.05) is 54.6 Å². The Bertz CT molecular complexity index is 1960. The molecule has 1 aromatic heterocycles. The average molecular weight is 760 g/mol. The Morgan fingerprint density at radius 3 is 2.00 bits per heavy atom. The van der Waals surface area contributed by atoms with Crippen molar-refractivity contribution in [2.45, 2.75) is 83.2 Å². The number of methoxy groups -OCH3 is 2. The Morgan fingerprint density at radius 1 is 0.926 bits per heavy atom. The van der Waals surface area contributed by atoms with Gasteiger partial charge in [0.1, 0.15) is 48.2 Å². The van der Waals surface area contributed by atoms with Crippen molar-refractivity contribution in [3.63, 3.8) is 0 Å². The summed E-state index contributed by atoms with van der Waals surface area (Å²) < 4.78 is 50.9. The van der Waals surface area contributed by atoms with E-state index in [1.54, 1.807) is 21.1 Å². The van der Waals surface area contributed by atoms with Crippen LogP contribution in [0.25, 0.3) is 0 Å². The molecule has 4 aromatic rings. The Hall–Kier alpha value is -4.67. The lowest BCUT2D eigenvalue weighted by Crippen LogP contribution is -2.46. The van der Waals surface area contributed by atoms with Gasteiger partial charge in [-0.05, 0) is 75.6 Å². The highest BCUT2D eigenvalue weighted by atomic mass is 31.1. The highest BCUT2D eigenvalue weighted by Crippen LogP contribution is 2.44. The molecule has 5 atom stereocenters. The lowest BCUT2D eigenvalue weighted by molar-refractivity contribution is -0.0921. The van der Waals surface area contributed by atoms with Gasteiger partial charge >= 0.3 is 13.9 Å². The van der Waals surface area contributed by atoms with Gasteiger partial charge in [-0.15, -0.1) is 9.05 Å². The van der Waals surface area contributed by atoms with Crippen molar-refractivity contribution in [2.24, 2.45) is 0 Å². The number of rotatable bonds is 17. The Labute approximate surface area is 316 Å². The molecule has 13 nitrogen and oxygen atoms in total. The summed E-state index contributed by atoms with van der Waals surface area (Å²) in [6.07, 6.45) is -1.14. The number of hydrogen-bond donors (Lipinski definition) is 1. The first kappa shape index (κ1) is 40.5. The van der Waals surface area contributed by atoms with Gasteiger partial charge in [-0.3, -0.25) is 19.2 Å². The van der Waals surface area contributed by atoms with Crippen LogP contribution in [-0.2, 0) is 28.7 Å². The molecule has 0 bridgehead atoms. The van der Waals surface area contributed by atoms with E-state index >= 15 is 0 Å². The van der Waals surface area contributed by atoms with E-state index in [0.29, 0.717) is 17.1 Å². The molecule has 2 unspecified atom stereocenters. The molecule has 1 saturated heterocycles. The molecule has 3 aromatic carbocycles. The third-order valence-electron chi connectivity index (χ3n) is 9.53. The van der Waals surface area contributed by atoms with Gasteiger partial charge in [0.05, 0.1) is 26.9 Å². The van der Waals surface area contributed by atoms with Crippen LogP contribution < -0.4 is 20.7 Å². The number of aromatic amines is 1. The minimum Gasteiger partial charge on any atom is -0.497 e. The highest BCUT2D eigenvalue weighted by molar-refractivity contribution is 7.33. The predicted molar refractivity (Wildman–Crippen MR) is 203 cm³/mol. The minimum absolute atomic E-state index is 0.0444. The number of ether oxygens (including phenoxy) is 4. The van der Waals surface area contributed by atoms with Crippen molar-refractivity contribution in [1.29, 1.82) is 5.26 Å². The van der Waals surface area contributed by atoms with Crippen LogP contribution in [-0.4, -0.2) is 72.2 Å². The van der Waals surface area contributed by atoms with Crippen LogP contribution >= 0.6 is 8.25 Å². The van der Waals surface area contributed by atoms with Gasteiger partial charge in [0.2, 0.25) is 0 Å². The topological polar surface area (TPSA) is 154 Å². The SMILES string of the molecule is COc1ccc(C(OC[C@H]2O[C@@H](n3cc(C)c(=O)[nH]c3=O)C[C@@H]2O[P+](=O)OCC(C#N)N(C(C)C)C(C)C)(c2ccccc2)c2ccc(OC)cc2)cc1. The Kier molecular flexibility index (Phi) is 13.6. The van der Waals surface area contributed by atoms with Gasteiger partial charge in [0.15, 0.2) is 0 Å². The first-order valence-corrected chi connectivity index (χ1v) is 18.9. The molecule has 5 rings (SSSR count). The monoisotopic (exact) mass is 759 g/mol. The maximum atomic E-state index is 13.5. The van der Waals surface area contributed by atoms with Crippen molar-refractivity contribution in [3.05, 3.63) is 128 Å². The molecule has 54 heavy (non-hydrogen) atoms. The van der Waals surface area contributed by atoms with Gasteiger partial charge in [-0.2, -0.15) is 5.26 Å². The summed E-state index contributed by atoms with van der Waals surface area (Å²) in [6.45, 7) is 9.27. The van der Waals surface area contributed by atoms with Crippen molar-refractivity contribution < 1.29 is 32.6 Å². The molecule has 1 aliphatic rings. The third-order valence-corrected chi connectivity index (χ3v) is 10.3. The van der Waals surface area contributed by atoms with Crippen LogP contribution in [0.15, 0.2) is 94.6 Å². The molecule has 0 amide bonds. The zero-order chi connectivity index (χ0) is 39.0. The zero-order valence-electron chi connectivity index (χ0n) is 31.6. The number of hydrogen-bond acceptors (Lipinski definition) is 11. The zero-order valence-corrected chi connectivity index (χ0v) is 32.5. The molecular weight excluding hydrogens is 711 g/mol. The number of nitrogens with one attached hydrogen (secondary N) is 1. The largest absolute Gasteiger partial charge is 0.697 e. The maximum absolute atomic E-state index is 13.5. The van der Waals surface area contributed by atoms with Crippen LogP contribution in [0.5, 0.6) is 11.5 Å². The van der Waals surface area contributed by atoms with Crippen molar-refractivity contribution in [3.8, 4) is 17.6 Å². The van der Waals surface area contributed by atoms with Crippen molar-refractivity contribution in [1.82, 2.24) is 14.5 Å².